The summed E-state index contributed by atoms with van der Waals surface area (Å²) in [5.74, 6) is 0.376. The van der Waals surface area contributed by atoms with E-state index >= 15 is 0 Å². The summed E-state index contributed by atoms with van der Waals surface area (Å²) in [4.78, 5) is 15.8. The number of rotatable bonds is 1. The van der Waals surface area contributed by atoms with E-state index in [0.29, 0.717) is 18.2 Å². The van der Waals surface area contributed by atoms with Gasteiger partial charge >= 0.3 is 0 Å². The Morgan fingerprint density at radius 3 is 2.76 bits per heavy atom. The van der Waals surface area contributed by atoms with E-state index in [-0.39, 0.29) is 0 Å². The molecule has 1 saturated carbocycles. The first kappa shape index (κ1) is 10.5. The second-order valence-electron chi connectivity index (χ2n) is 5.01. The normalized spacial score (nSPS) is 20.4. The van der Waals surface area contributed by atoms with Gasteiger partial charge in [0.2, 0.25) is 0 Å². The van der Waals surface area contributed by atoms with Crippen LogP contribution in [0, 0.1) is 13.8 Å². The molecule has 3 nitrogen and oxygen atoms in total. The van der Waals surface area contributed by atoms with Crippen molar-refractivity contribution in [2.75, 3.05) is 0 Å². The maximum Gasteiger partial charge on any atom is 0.135 e. The molecule has 1 heterocycles. The largest absolute Gasteiger partial charge is 0.327 e. The lowest BCUT2D eigenvalue weighted by atomic mass is 10.1. The van der Waals surface area contributed by atoms with Crippen molar-refractivity contribution < 1.29 is 4.79 Å². The van der Waals surface area contributed by atoms with Gasteiger partial charge in [-0.1, -0.05) is 0 Å². The molecule has 1 atom stereocenters. The van der Waals surface area contributed by atoms with Crippen LogP contribution >= 0.6 is 0 Å². The highest BCUT2D eigenvalue weighted by Gasteiger charge is 2.24. The van der Waals surface area contributed by atoms with E-state index in [1.54, 1.807) is 0 Å². The van der Waals surface area contributed by atoms with Crippen LogP contribution in [0.1, 0.15) is 36.4 Å². The molecule has 17 heavy (non-hydrogen) atoms. The van der Waals surface area contributed by atoms with Crippen molar-refractivity contribution in [1.82, 2.24) is 9.55 Å². The minimum absolute atomic E-state index is 0.314. The number of imidazole rings is 1. The Morgan fingerprint density at radius 1 is 1.29 bits per heavy atom. The van der Waals surface area contributed by atoms with Gasteiger partial charge in [-0.25, -0.2) is 4.98 Å². The van der Waals surface area contributed by atoms with Gasteiger partial charge in [-0.05, 0) is 43.5 Å². The van der Waals surface area contributed by atoms with Crippen LogP contribution in [0.3, 0.4) is 0 Å². The number of ketones is 1. The number of nitrogens with zero attached hydrogens (tertiary/aromatic N) is 2. The molecule has 1 fully saturated rings. The highest BCUT2D eigenvalue weighted by Crippen LogP contribution is 2.30. The molecule has 0 radical (unpaired) electrons. The number of carbonyl (C=O) groups excluding carboxylic acids is 1. The van der Waals surface area contributed by atoms with E-state index in [1.165, 1.54) is 11.1 Å². The second kappa shape index (κ2) is 3.69. The van der Waals surface area contributed by atoms with Gasteiger partial charge in [-0.3, -0.25) is 4.79 Å². The lowest BCUT2D eigenvalue weighted by Crippen LogP contribution is -2.04. The highest BCUT2D eigenvalue weighted by atomic mass is 16.1. The summed E-state index contributed by atoms with van der Waals surface area (Å²) in [5, 5.41) is 0. The van der Waals surface area contributed by atoms with E-state index in [4.69, 9.17) is 0 Å². The summed E-state index contributed by atoms with van der Waals surface area (Å²) in [6.07, 6.45) is 4.22. The Hall–Kier alpha value is -1.64. The Kier molecular flexibility index (Phi) is 2.28. The molecule has 1 aliphatic carbocycles. The van der Waals surface area contributed by atoms with Crippen molar-refractivity contribution in [2.45, 2.75) is 39.2 Å². The molecule has 0 bridgehead atoms. The third kappa shape index (κ3) is 1.66. The Bertz CT molecular complexity index is 598. The lowest BCUT2D eigenvalue weighted by molar-refractivity contribution is -0.117. The van der Waals surface area contributed by atoms with Crippen LogP contribution in [-0.2, 0) is 4.79 Å². The lowest BCUT2D eigenvalue weighted by Gasteiger charge is -2.12. The van der Waals surface area contributed by atoms with Crippen LogP contribution < -0.4 is 0 Å². The van der Waals surface area contributed by atoms with E-state index in [9.17, 15) is 4.79 Å². The number of benzene rings is 1. The average molecular weight is 228 g/mol. The number of fused-ring (bicyclic) bond motifs is 1. The predicted octanol–water partition coefficient (Wildman–Crippen LogP) is 2.95. The van der Waals surface area contributed by atoms with Crippen LogP contribution in [0.4, 0.5) is 0 Å². The molecular weight excluding hydrogens is 212 g/mol. The maximum absolute atomic E-state index is 11.4. The number of carbonyl (C=O) groups is 1. The molecule has 3 heteroatoms. The van der Waals surface area contributed by atoms with Crippen molar-refractivity contribution >= 4 is 16.8 Å². The molecule has 3 rings (SSSR count). The SMILES string of the molecule is Cc1cc2ncn(C3CCC(=O)C3)c2cc1C. The first-order chi connectivity index (χ1) is 8.15. The summed E-state index contributed by atoms with van der Waals surface area (Å²) in [5.41, 5.74) is 4.74. The third-order valence-electron chi connectivity index (χ3n) is 3.80. The maximum atomic E-state index is 11.4. The molecule has 88 valence electrons. The van der Waals surface area contributed by atoms with Crippen molar-refractivity contribution in [2.24, 2.45) is 0 Å². The fraction of sp³-hybridized carbons (Fsp3) is 0.429. The zero-order valence-electron chi connectivity index (χ0n) is 10.2. The minimum Gasteiger partial charge on any atom is -0.327 e. The van der Waals surface area contributed by atoms with E-state index in [2.05, 4.69) is 35.5 Å². The monoisotopic (exact) mass is 228 g/mol. The molecule has 0 spiro atoms. The van der Waals surface area contributed by atoms with Crippen LogP contribution in [0.15, 0.2) is 18.5 Å². The zero-order valence-corrected chi connectivity index (χ0v) is 10.2. The first-order valence-corrected chi connectivity index (χ1v) is 6.10. The van der Waals surface area contributed by atoms with Gasteiger partial charge < -0.3 is 4.57 Å². The minimum atomic E-state index is 0.314. The van der Waals surface area contributed by atoms with Crippen LogP contribution in [-0.4, -0.2) is 15.3 Å². The summed E-state index contributed by atoms with van der Waals surface area (Å²) < 4.78 is 2.17. The standard InChI is InChI=1S/C14H16N2O/c1-9-5-13-14(6-10(9)2)16(8-15-13)11-3-4-12(17)7-11/h5-6,8,11H,3-4,7H2,1-2H3. The molecule has 0 saturated heterocycles. The summed E-state index contributed by atoms with van der Waals surface area (Å²) >= 11 is 0. The van der Waals surface area contributed by atoms with E-state index in [0.717, 1.165) is 23.9 Å². The zero-order chi connectivity index (χ0) is 12.0. The molecule has 0 aliphatic heterocycles. The summed E-state index contributed by atoms with van der Waals surface area (Å²) in [7, 11) is 0. The molecule has 1 aromatic heterocycles. The quantitative estimate of drug-likeness (QED) is 0.752. The van der Waals surface area contributed by atoms with E-state index in [1.807, 2.05) is 6.33 Å². The van der Waals surface area contributed by atoms with Crippen LogP contribution in [0.25, 0.3) is 11.0 Å². The number of hydrogen-bond donors (Lipinski definition) is 0. The molecule has 1 aromatic carbocycles. The highest BCUT2D eigenvalue weighted by molar-refractivity contribution is 5.82. The van der Waals surface area contributed by atoms with Crippen LogP contribution in [0.5, 0.6) is 0 Å². The summed E-state index contributed by atoms with van der Waals surface area (Å²) in [6, 6.07) is 4.62. The van der Waals surface area contributed by atoms with Gasteiger partial charge in [0, 0.05) is 18.9 Å². The molecule has 0 N–H and O–H groups in total. The Balaban J connectivity index is 2.11. The van der Waals surface area contributed by atoms with Crippen molar-refractivity contribution in [3.05, 3.63) is 29.6 Å². The second-order valence-corrected chi connectivity index (χ2v) is 5.01. The fourth-order valence-corrected chi connectivity index (χ4v) is 2.61. The van der Waals surface area contributed by atoms with Gasteiger partial charge in [0.15, 0.2) is 0 Å². The first-order valence-electron chi connectivity index (χ1n) is 6.10. The van der Waals surface area contributed by atoms with Gasteiger partial charge in [0.1, 0.15) is 5.78 Å². The number of Topliss-reactive ketones (excluding diaryl/α,β-unsaturated/α-hetero) is 1. The number of aromatic nitrogens is 2. The number of aryl methyl sites for hydroxylation is 2. The Labute approximate surface area is 100 Å². The van der Waals surface area contributed by atoms with Gasteiger partial charge in [0.05, 0.1) is 17.4 Å². The van der Waals surface area contributed by atoms with Crippen LogP contribution in [0.2, 0.25) is 0 Å². The molecule has 1 unspecified atom stereocenters. The van der Waals surface area contributed by atoms with Crippen molar-refractivity contribution in [1.29, 1.82) is 0 Å². The number of hydrogen-bond acceptors (Lipinski definition) is 2. The third-order valence-corrected chi connectivity index (χ3v) is 3.80. The predicted molar refractivity (Wildman–Crippen MR) is 67.1 cm³/mol. The smallest absolute Gasteiger partial charge is 0.135 e. The molecule has 0 amide bonds. The summed E-state index contributed by atoms with van der Waals surface area (Å²) in [6.45, 7) is 4.22. The van der Waals surface area contributed by atoms with Gasteiger partial charge in [-0.2, -0.15) is 0 Å². The van der Waals surface area contributed by atoms with Crippen molar-refractivity contribution in [3.63, 3.8) is 0 Å². The fourth-order valence-electron chi connectivity index (χ4n) is 2.61. The molecule has 1 aliphatic rings. The molecule has 2 aromatic rings. The Morgan fingerprint density at radius 2 is 2.06 bits per heavy atom. The average Bonchev–Trinajstić information content (AvgIpc) is 2.86. The topological polar surface area (TPSA) is 34.9 Å². The van der Waals surface area contributed by atoms with Gasteiger partial charge in [-0.15, -0.1) is 0 Å². The molecular formula is C14H16N2O. The van der Waals surface area contributed by atoms with E-state index < -0.39 is 0 Å². The van der Waals surface area contributed by atoms with Crippen molar-refractivity contribution in [3.8, 4) is 0 Å². The van der Waals surface area contributed by atoms with Gasteiger partial charge in [0.25, 0.3) is 0 Å².